The van der Waals surface area contributed by atoms with E-state index in [4.69, 9.17) is 0 Å². The fourth-order valence-corrected chi connectivity index (χ4v) is 4.40. The fourth-order valence-electron chi connectivity index (χ4n) is 2.84. The highest BCUT2D eigenvalue weighted by Gasteiger charge is 2.39. The molecular formula is C17H16FNO4S. The van der Waals surface area contributed by atoms with Gasteiger partial charge in [-0.1, -0.05) is 23.8 Å². The summed E-state index contributed by atoms with van der Waals surface area (Å²) in [6.07, 6.45) is 0.00996. The molecule has 0 aromatic heterocycles. The van der Waals surface area contributed by atoms with Gasteiger partial charge in [0.1, 0.15) is 11.9 Å². The van der Waals surface area contributed by atoms with Crippen molar-refractivity contribution in [2.24, 2.45) is 0 Å². The van der Waals surface area contributed by atoms with E-state index in [2.05, 4.69) is 0 Å². The standard InChI is InChI=1S/C17H16FNO4S/c1-11-2-6-15(7-3-11)24(22,23)19-10-13-8-14(18)5-4-12(13)9-16(19)17(20)21/h2-8,16H,9-10H2,1H3,(H,20,21). The van der Waals surface area contributed by atoms with Gasteiger partial charge in [0.2, 0.25) is 10.0 Å². The average Bonchev–Trinajstić information content (AvgIpc) is 2.53. The van der Waals surface area contributed by atoms with Crippen LogP contribution < -0.4 is 0 Å². The van der Waals surface area contributed by atoms with Crippen molar-refractivity contribution < 1.29 is 22.7 Å². The lowest BCUT2D eigenvalue weighted by molar-refractivity contribution is -0.141. The van der Waals surface area contributed by atoms with Crippen molar-refractivity contribution in [1.82, 2.24) is 4.31 Å². The summed E-state index contributed by atoms with van der Waals surface area (Å²) in [7, 11) is -4.00. The van der Waals surface area contributed by atoms with Gasteiger partial charge in [0.05, 0.1) is 4.90 Å². The van der Waals surface area contributed by atoms with Crippen molar-refractivity contribution in [3.05, 3.63) is 65.0 Å². The van der Waals surface area contributed by atoms with Crippen LogP contribution in [0.15, 0.2) is 47.4 Å². The number of halogens is 1. The first-order chi connectivity index (χ1) is 11.3. The molecule has 3 rings (SSSR count). The van der Waals surface area contributed by atoms with E-state index in [-0.39, 0.29) is 17.9 Å². The summed E-state index contributed by atoms with van der Waals surface area (Å²) in [4.78, 5) is 11.6. The Kier molecular flexibility index (Phi) is 4.15. The number of fused-ring (bicyclic) bond motifs is 1. The Morgan fingerprint density at radius 3 is 2.46 bits per heavy atom. The first kappa shape index (κ1) is 16.6. The van der Waals surface area contributed by atoms with Gasteiger partial charge in [-0.2, -0.15) is 4.31 Å². The molecule has 0 aliphatic carbocycles. The van der Waals surface area contributed by atoms with Gasteiger partial charge in [0.25, 0.3) is 0 Å². The molecule has 0 radical (unpaired) electrons. The highest BCUT2D eigenvalue weighted by atomic mass is 32.2. The molecule has 0 bridgehead atoms. The highest BCUT2D eigenvalue weighted by Crippen LogP contribution is 2.29. The van der Waals surface area contributed by atoms with Crippen LogP contribution in [0.4, 0.5) is 4.39 Å². The number of carboxylic acid groups (broad SMARTS) is 1. The maximum atomic E-state index is 13.5. The normalized spacial score (nSPS) is 18.2. The van der Waals surface area contributed by atoms with Crippen molar-refractivity contribution in [2.75, 3.05) is 0 Å². The lowest BCUT2D eigenvalue weighted by Gasteiger charge is -2.33. The summed E-state index contributed by atoms with van der Waals surface area (Å²) in [5.41, 5.74) is 2.04. The maximum absolute atomic E-state index is 13.5. The van der Waals surface area contributed by atoms with E-state index >= 15 is 0 Å². The summed E-state index contributed by atoms with van der Waals surface area (Å²) in [6, 6.07) is 9.01. The van der Waals surface area contributed by atoms with Gasteiger partial charge >= 0.3 is 5.97 Å². The summed E-state index contributed by atoms with van der Waals surface area (Å²) in [5.74, 6) is -1.70. The second-order valence-corrected chi connectivity index (χ2v) is 7.73. The zero-order valence-electron chi connectivity index (χ0n) is 12.9. The monoisotopic (exact) mass is 349 g/mol. The molecule has 2 aromatic carbocycles. The van der Waals surface area contributed by atoms with Crippen LogP contribution in [0.2, 0.25) is 0 Å². The minimum Gasteiger partial charge on any atom is -0.480 e. The van der Waals surface area contributed by atoms with E-state index < -0.39 is 27.9 Å². The Labute approximate surface area is 139 Å². The number of rotatable bonds is 3. The number of benzene rings is 2. The van der Waals surface area contributed by atoms with E-state index in [1.165, 1.54) is 30.3 Å². The van der Waals surface area contributed by atoms with Gasteiger partial charge in [0.15, 0.2) is 0 Å². The van der Waals surface area contributed by atoms with Gasteiger partial charge in [-0.05, 0) is 42.3 Å². The molecule has 5 nitrogen and oxygen atoms in total. The first-order valence-corrected chi connectivity index (χ1v) is 8.81. The van der Waals surface area contributed by atoms with Crippen LogP contribution in [0, 0.1) is 12.7 Å². The van der Waals surface area contributed by atoms with Gasteiger partial charge in [-0.15, -0.1) is 0 Å². The number of aryl methyl sites for hydroxylation is 1. The highest BCUT2D eigenvalue weighted by molar-refractivity contribution is 7.89. The van der Waals surface area contributed by atoms with Crippen LogP contribution >= 0.6 is 0 Å². The van der Waals surface area contributed by atoms with Crippen molar-refractivity contribution in [3.8, 4) is 0 Å². The van der Waals surface area contributed by atoms with Crippen molar-refractivity contribution in [2.45, 2.75) is 30.8 Å². The predicted octanol–water partition coefficient (Wildman–Crippen LogP) is 2.33. The molecule has 2 aromatic rings. The van der Waals surface area contributed by atoms with Crippen LogP contribution in [0.1, 0.15) is 16.7 Å². The number of sulfonamides is 1. The third-order valence-corrected chi connectivity index (χ3v) is 6.04. The predicted molar refractivity (Wildman–Crippen MR) is 85.4 cm³/mol. The number of hydrogen-bond donors (Lipinski definition) is 1. The summed E-state index contributed by atoms with van der Waals surface area (Å²) in [5, 5.41) is 9.46. The average molecular weight is 349 g/mol. The first-order valence-electron chi connectivity index (χ1n) is 7.37. The molecule has 126 valence electrons. The zero-order valence-corrected chi connectivity index (χ0v) is 13.8. The van der Waals surface area contributed by atoms with Crippen LogP contribution in [0.5, 0.6) is 0 Å². The smallest absolute Gasteiger partial charge is 0.322 e. The quantitative estimate of drug-likeness (QED) is 0.923. The van der Waals surface area contributed by atoms with Crippen molar-refractivity contribution in [1.29, 1.82) is 0 Å². The lowest BCUT2D eigenvalue weighted by Crippen LogP contribution is -2.48. The molecule has 0 saturated carbocycles. The van der Waals surface area contributed by atoms with Gasteiger partial charge in [-0.3, -0.25) is 4.79 Å². The molecule has 1 aliphatic heterocycles. The Hall–Kier alpha value is -2.25. The topological polar surface area (TPSA) is 74.7 Å². The molecule has 1 heterocycles. The summed E-state index contributed by atoms with van der Waals surface area (Å²) < 4.78 is 40.1. The third-order valence-electron chi connectivity index (χ3n) is 4.17. The second-order valence-electron chi connectivity index (χ2n) is 5.83. The van der Waals surface area contributed by atoms with Gasteiger partial charge < -0.3 is 5.11 Å². The zero-order chi connectivity index (χ0) is 17.5. The number of carbonyl (C=O) groups is 1. The third kappa shape index (κ3) is 2.92. The van der Waals surface area contributed by atoms with E-state index in [0.29, 0.717) is 11.1 Å². The van der Waals surface area contributed by atoms with E-state index in [0.717, 1.165) is 9.87 Å². The van der Waals surface area contributed by atoms with Crippen molar-refractivity contribution in [3.63, 3.8) is 0 Å². The molecule has 1 atom stereocenters. The molecule has 0 fully saturated rings. The molecular weight excluding hydrogens is 333 g/mol. The van der Waals surface area contributed by atoms with Crippen LogP contribution in [0.3, 0.4) is 0 Å². The van der Waals surface area contributed by atoms with Gasteiger partial charge in [-0.25, -0.2) is 12.8 Å². The molecule has 1 unspecified atom stereocenters. The number of nitrogens with zero attached hydrogens (tertiary/aromatic N) is 1. The maximum Gasteiger partial charge on any atom is 0.322 e. The van der Waals surface area contributed by atoms with Crippen LogP contribution in [-0.2, 0) is 27.8 Å². The lowest BCUT2D eigenvalue weighted by atomic mass is 9.96. The minimum absolute atomic E-state index is 0.00996. The van der Waals surface area contributed by atoms with Crippen molar-refractivity contribution >= 4 is 16.0 Å². The molecule has 7 heteroatoms. The Bertz CT molecular complexity index is 893. The molecule has 0 saturated heterocycles. The Morgan fingerprint density at radius 2 is 1.83 bits per heavy atom. The SMILES string of the molecule is Cc1ccc(S(=O)(=O)N2Cc3cc(F)ccc3CC2C(=O)O)cc1. The summed E-state index contributed by atoms with van der Waals surface area (Å²) in [6.45, 7) is 1.66. The van der Waals surface area contributed by atoms with E-state index in [9.17, 15) is 22.7 Å². The van der Waals surface area contributed by atoms with E-state index in [1.807, 2.05) is 6.92 Å². The summed E-state index contributed by atoms with van der Waals surface area (Å²) >= 11 is 0. The van der Waals surface area contributed by atoms with E-state index in [1.54, 1.807) is 12.1 Å². The van der Waals surface area contributed by atoms with Crippen LogP contribution in [0.25, 0.3) is 0 Å². The second kappa shape index (κ2) is 5.99. The number of hydrogen-bond acceptors (Lipinski definition) is 3. The van der Waals surface area contributed by atoms with Crippen LogP contribution in [-0.4, -0.2) is 29.8 Å². The minimum atomic E-state index is -4.00. The largest absolute Gasteiger partial charge is 0.480 e. The van der Waals surface area contributed by atoms with Gasteiger partial charge in [0, 0.05) is 13.0 Å². The molecule has 1 N–H and O–H groups in total. The molecule has 1 aliphatic rings. The molecule has 24 heavy (non-hydrogen) atoms. The number of aliphatic carboxylic acids is 1. The molecule has 0 spiro atoms. The molecule has 0 amide bonds. The Morgan fingerprint density at radius 1 is 1.17 bits per heavy atom. The fraction of sp³-hybridized carbons (Fsp3) is 0.235. The number of carboxylic acids is 1. The Balaban J connectivity index is 2.06.